The van der Waals surface area contributed by atoms with Crippen LogP contribution in [0.4, 0.5) is 5.69 Å². The Morgan fingerprint density at radius 2 is 2.27 bits per heavy atom. The lowest BCUT2D eigenvalue weighted by Gasteiger charge is -1.96. The van der Waals surface area contributed by atoms with Crippen molar-refractivity contribution in [1.29, 1.82) is 0 Å². The van der Waals surface area contributed by atoms with Gasteiger partial charge in [-0.2, -0.15) is 0 Å². The number of hydrogen-bond donors (Lipinski definition) is 1. The van der Waals surface area contributed by atoms with Crippen LogP contribution >= 0.6 is 15.9 Å². The number of rotatable bonds is 0. The smallest absolute Gasteiger partial charge is 0.183 e. The van der Waals surface area contributed by atoms with E-state index in [-0.39, 0.29) is 5.78 Å². The number of Topliss-reactive ketones (excluding diaryl/α,β-unsaturated/α-hetero) is 1. The molecular weight excluding hydrogens is 206 g/mol. The maximum atomic E-state index is 11.1. The fourth-order valence-corrected chi connectivity index (χ4v) is 1.53. The van der Waals surface area contributed by atoms with Crippen LogP contribution in [0.1, 0.15) is 10.4 Å². The summed E-state index contributed by atoms with van der Waals surface area (Å²) in [5, 5.41) is 3.01. The molecule has 1 aliphatic heterocycles. The summed E-state index contributed by atoms with van der Waals surface area (Å²) in [7, 11) is 0. The van der Waals surface area contributed by atoms with Gasteiger partial charge in [0.2, 0.25) is 0 Å². The summed E-state index contributed by atoms with van der Waals surface area (Å²) in [6.45, 7) is 0.436. The SMILES string of the molecule is O=C1CNc2ccc(Br)cc21. The number of carbonyl (C=O) groups is 1. The Kier molecular flexibility index (Phi) is 1.46. The number of benzene rings is 1. The van der Waals surface area contributed by atoms with Gasteiger partial charge in [-0.05, 0) is 18.2 Å². The topological polar surface area (TPSA) is 29.1 Å². The Bertz CT molecular complexity index is 322. The highest BCUT2D eigenvalue weighted by molar-refractivity contribution is 9.10. The molecule has 3 heteroatoms. The first-order valence-corrected chi connectivity index (χ1v) is 4.13. The highest BCUT2D eigenvalue weighted by Gasteiger charge is 2.17. The molecule has 0 amide bonds. The third kappa shape index (κ3) is 1.05. The van der Waals surface area contributed by atoms with Crippen LogP contribution in [0, 0.1) is 0 Å². The van der Waals surface area contributed by atoms with Crippen molar-refractivity contribution in [3.05, 3.63) is 28.2 Å². The summed E-state index contributed by atoms with van der Waals surface area (Å²) in [6.07, 6.45) is 0. The van der Waals surface area contributed by atoms with E-state index in [2.05, 4.69) is 21.2 Å². The number of ketones is 1. The van der Waals surface area contributed by atoms with Crippen molar-refractivity contribution in [2.45, 2.75) is 0 Å². The molecule has 1 aliphatic rings. The van der Waals surface area contributed by atoms with E-state index < -0.39 is 0 Å². The zero-order valence-electron chi connectivity index (χ0n) is 5.73. The number of anilines is 1. The van der Waals surface area contributed by atoms with Gasteiger partial charge in [-0.25, -0.2) is 0 Å². The van der Waals surface area contributed by atoms with E-state index in [1.165, 1.54) is 0 Å². The Morgan fingerprint density at radius 3 is 3.09 bits per heavy atom. The molecule has 0 aliphatic carbocycles. The molecule has 1 aromatic carbocycles. The van der Waals surface area contributed by atoms with Crippen molar-refractivity contribution in [2.24, 2.45) is 0 Å². The molecule has 1 N–H and O–H groups in total. The predicted octanol–water partition coefficient (Wildman–Crippen LogP) is 2.06. The van der Waals surface area contributed by atoms with E-state index >= 15 is 0 Å². The Balaban J connectivity index is 2.60. The average Bonchev–Trinajstić information content (AvgIpc) is 2.33. The first-order chi connectivity index (χ1) is 5.27. The molecule has 0 saturated heterocycles. The van der Waals surface area contributed by atoms with Crippen LogP contribution in [0.2, 0.25) is 0 Å². The largest absolute Gasteiger partial charge is 0.377 e. The molecule has 11 heavy (non-hydrogen) atoms. The molecule has 0 aromatic heterocycles. The maximum Gasteiger partial charge on any atom is 0.183 e. The molecule has 0 saturated carbocycles. The van der Waals surface area contributed by atoms with Gasteiger partial charge in [-0.3, -0.25) is 4.79 Å². The van der Waals surface area contributed by atoms with Crippen molar-refractivity contribution >= 4 is 27.4 Å². The molecule has 0 unspecified atom stereocenters. The minimum Gasteiger partial charge on any atom is -0.377 e. The number of halogens is 1. The second kappa shape index (κ2) is 2.34. The lowest BCUT2D eigenvalue weighted by atomic mass is 10.1. The van der Waals surface area contributed by atoms with Crippen molar-refractivity contribution in [3.8, 4) is 0 Å². The van der Waals surface area contributed by atoms with Gasteiger partial charge in [0.1, 0.15) is 0 Å². The van der Waals surface area contributed by atoms with E-state index in [1.807, 2.05) is 18.2 Å². The lowest BCUT2D eigenvalue weighted by molar-refractivity contribution is 0.101. The Hall–Kier alpha value is -0.830. The zero-order chi connectivity index (χ0) is 7.84. The van der Waals surface area contributed by atoms with Gasteiger partial charge in [-0.15, -0.1) is 0 Å². The molecule has 0 radical (unpaired) electrons. The van der Waals surface area contributed by atoms with Crippen LogP contribution in [0.5, 0.6) is 0 Å². The van der Waals surface area contributed by atoms with E-state index in [4.69, 9.17) is 0 Å². The van der Waals surface area contributed by atoms with Crippen molar-refractivity contribution < 1.29 is 4.79 Å². The predicted molar refractivity (Wildman–Crippen MR) is 47.0 cm³/mol. The monoisotopic (exact) mass is 211 g/mol. The quantitative estimate of drug-likeness (QED) is 0.713. The highest BCUT2D eigenvalue weighted by Crippen LogP contribution is 2.25. The standard InChI is InChI=1S/C8H6BrNO/c9-5-1-2-7-6(3-5)8(11)4-10-7/h1-3,10H,4H2. The highest BCUT2D eigenvalue weighted by atomic mass is 79.9. The van der Waals surface area contributed by atoms with Crippen molar-refractivity contribution in [2.75, 3.05) is 11.9 Å². The minimum absolute atomic E-state index is 0.168. The van der Waals surface area contributed by atoms with Gasteiger partial charge >= 0.3 is 0 Å². The van der Waals surface area contributed by atoms with Gasteiger partial charge in [0, 0.05) is 15.7 Å². The van der Waals surface area contributed by atoms with Crippen LogP contribution in [-0.2, 0) is 0 Å². The first-order valence-electron chi connectivity index (χ1n) is 3.34. The molecular formula is C8H6BrNO. The summed E-state index contributed by atoms with van der Waals surface area (Å²) >= 11 is 3.31. The van der Waals surface area contributed by atoms with E-state index in [0.717, 1.165) is 15.7 Å². The van der Waals surface area contributed by atoms with Crippen LogP contribution in [0.3, 0.4) is 0 Å². The summed E-state index contributed by atoms with van der Waals surface area (Å²) in [5.41, 5.74) is 1.73. The maximum absolute atomic E-state index is 11.1. The number of nitrogens with one attached hydrogen (secondary N) is 1. The second-order valence-corrected chi connectivity index (χ2v) is 3.38. The fourth-order valence-electron chi connectivity index (χ4n) is 1.17. The summed E-state index contributed by atoms with van der Waals surface area (Å²) in [6, 6.07) is 5.67. The Labute approximate surface area is 72.7 Å². The molecule has 0 spiro atoms. The van der Waals surface area contributed by atoms with E-state index in [1.54, 1.807) is 0 Å². The van der Waals surface area contributed by atoms with Gasteiger partial charge in [-0.1, -0.05) is 15.9 Å². The van der Waals surface area contributed by atoms with Gasteiger partial charge < -0.3 is 5.32 Å². The Morgan fingerprint density at radius 1 is 1.45 bits per heavy atom. The van der Waals surface area contributed by atoms with Crippen molar-refractivity contribution in [3.63, 3.8) is 0 Å². The van der Waals surface area contributed by atoms with Gasteiger partial charge in [0.25, 0.3) is 0 Å². The average molecular weight is 212 g/mol. The lowest BCUT2D eigenvalue weighted by Crippen LogP contribution is -2.00. The molecule has 2 nitrogen and oxygen atoms in total. The minimum atomic E-state index is 0.168. The molecule has 0 bridgehead atoms. The van der Waals surface area contributed by atoms with Gasteiger partial charge in [0.15, 0.2) is 5.78 Å². The third-order valence-corrected chi connectivity index (χ3v) is 2.21. The first kappa shape index (κ1) is 6.85. The van der Waals surface area contributed by atoms with E-state index in [0.29, 0.717) is 6.54 Å². The second-order valence-electron chi connectivity index (χ2n) is 2.47. The molecule has 0 atom stereocenters. The van der Waals surface area contributed by atoms with E-state index in [9.17, 15) is 4.79 Å². The van der Waals surface area contributed by atoms with Crippen LogP contribution in [-0.4, -0.2) is 12.3 Å². The number of carbonyl (C=O) groups excluding carboxylic acids is 1. The third-order valence-electron chi connectivity index (χ3n) is 1.72. The van der Waals surface area contributed by atoms with Crippen LogP contribution < -0.4 is 5.32 Å². The summed E-state index contributed by atoms with van der Waals surface area (Å²) in [5.74, 6) is 0.168. The molecule has 2 rings (SSSR count). The van der Waals surface area contributed by atoms with Crippen LogP contribution in [0.25, 0.3) is 0 Å². The zero-order valence-corrected chi connectivity index (χ0v) is 7.31. The van der Waals surface area contributed by atoms with Gasteiger partial charge in [0.05, 0.1) is 6.54 Å². The number of hydrogen-bond acceptors (Lipinski definition) is 2. The normalized spacial score (nSPS) is 14.5. The number of fused-ring (bicyclic) bond motifs is 1. The van der Waals surface area contributed by atoms with Crippen LogP contribution in [0.15, 0.2) is 22.7 Å². The van der Waals surface area contributed by atoms with Crippen molar-refractivity contribution in [1.82, 2.24) is 0 Å². The molecule has 1 aromatic rings. The molecule has 1 heterocycles. The fraction of sp³-hybridized carbons (Fsp3) is 0.125. The summed E-state index contributed by atoms with van der Waals surface area (Å²) in [4.78, 5) is 11.1. The molecule has 0 fully saturated rings. The molecule has 56 valence electrons. The summed E-state index contributed by atoms with van der Waals surface area (Å²) < 4.78 is 0.952.